The molecule has 0 bridgehead atoms. The van der Waals surface area contributed by atoms with E-state index in [9.17, 15) is 0 Å². The van der Waals surface area contributed by atoms with Crippen LogP contribution in [0.1, 0.15) is 24.1 Å². The lowest BCUT2D eigenvalue weighted by Gasteiger charge is -2.35. The van der Waals surface area contributed by atoms with E-state index < -0.39 is 0 Å². The Labute approximate surface area is 153 Å². The van der Waals surface area contributed by atoms with Crippen molar-refractivity contribution in [3.63, 3.8) is 0 Å². The molecule has 5 nitrogen and oxygen atoms in total. The third-order valence-corrected chi connectivity index (χ3v) is 5.38. The molecule has 132 valence electrons. The molecule has 26 heavy (non-hydrogen) atoms. The van der Waals surface area contributed by atoms with Crippen LogP contribution in [0.5, 0.6) is 0 Å². The van der Waals surface area contributed by atoms with Crippen molar-refractivity contribution in [2.24, 2.45) is 0 Å². The second-order valence-electron chi connectivity index (χ2n) is 7.14. The van der Waals surface area contributed by atoms with Gasteiger partial charge in [0.2, 0.25) is 0 Å². The molecule has 5 heteroatoms. The summed E-state index contributed by atoms with van der Waals surface area (Å²) in [5.74, 6) is 1.04. The van der Waals surface area contributed by atoms with Gasteiger partial charge in [-0.2, -0.15) is 0 Å². The predicted molar refractivity (Wildman–Crippen MR) is 104 cm³/mol. The van der Waals surface area contributed by atoms with Crippen LogP contribution in [0.4, 0.5) is 5.82 Å². The molecule has 0 unspecified atom stereocenters. The predicted octanol–water partition coefficient (Wildman–Crippen LogP) is 3.23. The highest BCUT2D eigenvalue weighted by Gasteiger charge is 2.19. The molecule has 0 atom stereocenters. The lowest BCUT2D eigenvalue weighted by Crippen LogP contribution is -2.46. The summed E-state index contributed by atoms with van der Waals surface area (Å²) in [6.45, 7) is 5.19. The number of piperazine rings is 1. The van der Waals surface area contributed by atoms with Crippen LogP contribution in [-0.4, -0.2) is 45.7 Å². The molecule has 1 aliphatic heterocycles. The summed E-state index contributed by atoms with van der Waals surface area (Å²) in [7, 11) is 0. The van der Waals surface area contributed by atoms with Crippen molar-refractivity contribution in [1.29, 1.82) is 0 Å². The van der Waals surface area contributed by atoms with Gasteiger partial charge >= 0.3 is 0 Å². The number of hydrogen-bond donors (Lipinski definition) is 0. The van der Waals surface area contributed by atoms with Gasteiger partial charge in [-0.1, -0.05) is 36.4 Å². The molecular formula is C21H23N5. The highest BCUT2D eigenvalue weighted by atomic mass is 15.4. The zero-order valence-electron chi connectivity index (χ0n) is 14.9. The van der Waals surface area contributed by atoms with Crippen molar-refractivity contribution in [2.45, 2.75) is 19.4 Å². The second-order valence-corrected chi connectivity index (χ2v) is 7.14. The maximum atomic E-state index is 4.80. The van der Waals surface area contributed by atoms with Gasteiger partial charge in [-0.05, 0) is 36.1 Å². The van der Waals surface area contributed by atoms with Gasteiger partial charge in [-0.3, -0.25) is 4.90 Å². The third kappa shape index (κ3) is 2.99. The molecule has 1 saturated heterocycles. The van der Waals surface area contributed by atoms with E-state index in [0.29, 0.717) is 0 Å². The molecule has 3 heterocycles. The fourth-order valence-corrected chi connectivity index (χ4v) is 3.69. The van der Waals surface area contributed by atoms with Gasteiger partial charge in [0.15, 0.2) is 5.65 Å². The van der Waals surface area contributed by atoms with Crippen molar-refractivity contribution >= 4 is 17.0 Å². The number of fused-ring (bicyclic) bond motifs is 1. The minimum atomic E-state index is 0.930. The molecule has 1 fully saturated rings. The monoisotopic (exact) mass is 345 g/mol. The summed E-state index contributed by atoms with van der Waals surface area (Å²) in [6, 6.07) is 14.9. The molecule has 0 N–H and O–H groups in total. The maximum Gasteiger partial charge on any atom is 0.154 e. The van der Waals surface area contributed by atoms with Gasteiger partial charge in [-0.15, -0.1) is 5.10 Å². The summed E-state index contributed by atoms with van der Waals surface area (Å²) >= 11 is 0. The fourth-order valence-electron chi connectivity index (χ4n) is 3.69. The first-order valence-corrected chi connectivity index (χ1v) is 9.42. The standard InChI is InChI=1S/C21H23N5/c1-2-5-17(6-3-1)15-24-11-13-25(14-12-24)21-10-9-20-22-19(16-26(20)23-21)18-7-4-8-18/h1-3,5-7,9-10,16H,4,8,11-15H2. The highest BCUT2D eigenvalue weighted by molar-refractivity contribution is 5.68. The van der Waals surface area contributed by atoms with Crippen LogP contribution >= 0.6 is 0 Å². The number of aromatic nitrogens is 3. The van der Waals surface area contributed by atoms with Gasteiger partial charge in [0.25, 0.3) is 0 Å². The molecule has 1 aromatic carbocycles. The van der Waals surface area contributed by atoms with Crippen LogP contribution in [-0.2, 0) is 6.54 Å². The van der Waals surface area contributed by atoms with Gasteiger partial charge in [-0.25, -0.2) is 9.50 Å². The first-order chi connectivity index (χ1) is 12.8. The number of allylic oxidation sites excluding steroid dienone is 2. The average Bonchev–Trinajstić information content (AvgIpc) is 3.04. The Morgan fingerprint density at radius 2 is 1.73 bits per heavy atom. The van der Waals surface area contributed by atoms with E-state index in [4.69, 9.17) is 5.10 Å². The van der Waals surface area contributed by atoms with Crippen molar-refractivity contribution in [1.82, 2.24) is 19.5 Å². The lowest BCUT2D eigenvalue weighted by molar-refractivity contribution is 0.249. The van der Waals surface area contributed by atoms with Gasteiger partial charge in [0, 0.05) is 32.7 Å². The van der Waals surface area contributed by atoms with E-state index in [0.717, 1.165) is 56.3 Å². The second kappa shape index (κ2) is 6.57. The van der Waals surface area contributed by atoms with Gasteiger partial charge in [0.1, 0.15) is 5.82 Å². The van der Waals surface area contributed by atoms with Crippen molar-refractivity contribution in [3.8, 4) is 0 Å². The molecule has 5 rings (SSSR count). The number of rotatable bonds is 4. The topological polar surface area (TPSA) is 36.7 Å². The minimum Gasteiger partial charge on any atom is -0.353 e. The molecule has 2 aliphatic rings. The summed E-state index contributed by atoms with van der Waals surface area (Å²) < 4.78 is 1.93. The quantitative estimate of drug-likeness (QED) is 0.727. The largest absolute Gasteiger partial charge is 0.353 e. The number of benzene rings is 1. The Morgan fingerprint density at radius 3 is 2.46 bits per heavy atom. The molecule has 2 aromatic heterocycles. The van der Waals surface area contributed by atoms with Gasteiger partial charge < -0.3 is 4.90 Å². The summed E-state index contributed by atoms with van der Waals surface area (Å²) in [4.78, 5) is 9.58. The molecule has 0 saturated carbocycles. The van der Waals surface area contributed by atoms with Crippen LogP contribution in [0.15, 0.2) is 54.7 Å². The Hall–Kier alpha value is -2.66. The first-order valence-electron chi connectivity index (χ1n) is 9.42. The van der Waals surface area contributed by atoms with E-state index >= 15 is 0 Å². The Morgan fingerprint density at radius 1 is 0.923 bits per heavy atom. The van der Waals surface area contributed by atoms with Crippen molar-refractivity contribution in [3.05, 3.63) is 66.0 Å². The highest BCUT2D eigenvalue weighted by Crippen LogP contribution is 2.28. The van der Waals surface area contributed by atoms with Crippen LogP contribution in [0, 0.1) is 0 Å². The zero-order chi connectivity index (χ0) is 17.3. The van der Waals surface area contributed by atoms with E-state index in [2.05, 4.69) is 69.5 Å². The van der Waals surface area contributed by atoms with E-state index in [-0.39, 0.29) is 0 Å². The number of nitrogens with zero attached hydrogens (tertiary/aromatic N) is 5. The Kier molecular flexibility index (Phi) is 3.94. The van der Waals surface area contributed by atoms with E-state index in [1.807, 2.05) is 4.52 Å². The smallest absolute Gasteiger partial charge is 0.154 e. The molecular weight excluding hydrogens is 322 g/mol. The molecule has 0 amide bonds. The Balaban J connectivity index is 1.27. The first kappa shape index (κ1) is 15.6. The fraction of sp³-hybridized carbons (Fsp3) is 0.333. The van der Waals surface area contributed by atoms with Crippen molar-refractivity contribution in [2.75, 3.05) is 31.1 Å². The molecule has 0 spiro atoms. The molecule has 1 aliphatic carbocycles. The number of hydrogen-bond acceptors (Lipinski definition) is 4. The van der Waals surface area contributed by atoms with Crippen LogP contribution < -0.4 is 4.90 Å². The lowest BCUT2D eigenvalue weighted by atomic mass is 9.97. The Bertz CT molecular complexity index is 935. The number of anilines is 1. The third-order valence-electron chi connectivity index (χ3n) is 5.38. The summed E-state index contributed by atoms with van der Waals surface area (Å²) in [6.07, 6.45) is 6.64. The van der Waals surface area contributed by atoms with E-state index in [1.54, 1.807) is 0 Å². The van der Waals surface area contributed by atoms with E-state index in [1.165, 1.54) is 17.6 Å². The SMILES string of the molecule is C1=C(c2cn3nc(N4CCN(Cc5ccccc5)CC4)ccc3n2)CC1. The minimum absolute atomic E-state index is 0.930. The summed E-state index contributed by atoms with van der Waals surface area (Å²) in [5.41, 5.74) is 4.75. The van der Waals surface area contributed by atoms with Gasteiger partial charge in [0.05, 0.1) is 11.9 Å². The molecule has 0 radical (unpaired) electrons. The zero-order valence-corrected chi connectivity index (χ0v) is 14.9. The van der Waals surface area contributed by atoms with Crippen LogP contribution in [0.25, 0.3) is 11.2 Å². The van der Waals surface area contributed by atoms with Crippen LogP contribution in [0.2, 0.25) is 0 Å². The van der Waals surface area contributed by atoms with Crippen molar-refractivity contribution < 1.29 is 0 Å². The normalized spacial score (nSPS) is 18.0. The number of imidazole rings is 1. The average molecular weight is 345 g/mol. The van der Waals surface area contributed by atoms with Crippen LogP contribution in [0.3, 0.4) is 0 Å². The summed E-state index contributed by atoms with van der Waals surface area (Å²) in [5, 5.41) is 4.80. The maximum absolute atomic E-state index is 4.80. The molecule has 3 aromatic rings.